The lowest BCUT2D eigenvalue weighted by Crippen LogP contribution is -2.28. The number of hydrogen-bond acceptors (Lipinski definition) is 6. The highest BCUT2D eigenvalue weighted by atomic mass is 79.9. The smallest absolute Gasteiger partial charge is 0.322 e. The van der Waals surface area contributed by atoms with Crippen LogP contribution in [0.1, 0.15) is 23.2 Å². The molecule has 0 unspecified atom stereocenters. The number of halogens is 1. The fourth-order valence-electron chi connectivity index (χ4n) is 3.21. The molecule has 0 atom stereocenters. The van der Waals surface area contributed by atoms with E-state index in [0.717, 1.165) is 12.8 Å². The molecule has 1 aliphatic heterocycles. The molecule has 30 heavy (non-hydrogen) atoms. The summed E-state index contributed by atoms with van der Waals surface area (Å²) in [4.78, 5) is 26.5. The van der Waals surface area contributed by atoms with E-state index in [1.165, 1.54) is 16.4 Å². The van der Waals surface area contributed by atoms with Crippen molar-refractivity contribution in [3.05, 3.63) is 63.1 Å². The minimum atomic E-state index is -3.64. The molecule has 9 nitrogen and oxygen atoms in total. The molecule has 11 heteroatoms. The van der Waals surface area contributed by atoms with Crippen molar-refractivity contribution in [1.29, 1.82) is 0 Å². The molecule has 0 spiro atoms. The summed E-state index contributed by atoms with van der Waals surface area (Å²) in [5.41, 5.74) is 1.18. The highest BCUT2D eigenvalue weighted by molar-refractivity contribution is 9.10. The van der Waals surface area contributed by atoms with E-state index >= 15 is 0 Å². The predicted octanol–water partition coefficient (Wildman–Crippen LogP) is 2.83. The second-order valence-electron chi connectivity index (χ2n) is 6.73. The number of carbonyl (C=O) groups is 1. The molecule has 2 aromatic carbocycles. The van der Waals surface area contributed by atoms with Gasteiger partial charge in [-0.05, 0) is 59.1 Å². The molecule has 1 amide bonds. The van der Waals surface area contributed by atoms with Crippen molar-refractivity contribution in [2.24, 2.45) is 0 Å². The van der Waals surface area contributed by atoms with E-state index in [2.05, 4.69) is 35.9 Å². The number of carbonyl (C=O) groups excluding carboxylic acids is 1. The van der Waals surface area contributed by atoms with Crippen molar-refractivity contribution >= 4 is 37.5 Å². The number of nitrogens with zero attached hydrogens (tertiary/aromatic N) is 2. The monoisotopic (exact) mass is 492 g/mol. The van der Waals surface area contributed by atoms with Crippen LogP contribution in [0.25, 0.3) is 11.4 Å². The lowest BCUT2D eigenvalue weighted by molar-refractivity contribution is 0.102. The maximum Gasteiger partial charge on any atom is 0.439 e. The van der Waals surface area contributed by atoms with Crippen LogP contribution in [0, 0.1) is 0 Å². The third-order valence-electron chi connectivity index (χ3n) is 4.72. The van der Waals surface area contributed by atoms with Crippen LogP contribution >= 0.6 is 15.9 Å². The van der Waals surface area contributed by atoms with Crippen LogP contribution in [0.4, 0.5) is 5.69 Å². The number of nitrogens with one attached hydrogen (secondary N) is 2. The summed E-state index contributed by atoms with van der Waals surface area (Å²) in [5, 5.41) is 6.36. The molecule has 2 heterocycles. The van der Waals surface area contributed by atoms with Crippen LogP contribution < -0.4 is 11.1 Å². The van der Waals surface area contributed by atoms with Crippen LogP contribution in [0.5, 0.6) is 0 Å². The lowest BCUT2D eigenvalue weighted by atomic mass is 10.1. The highest BCUT2D eigenvalue weighted by Crippen LogP contribution is 2.27. The van der Waals surface area contributed by atoms with Crippen LogP contribution in [0.3, 0.4) is 0 Å². The first-order chi connectivity index (χ1) is 14.3. The standard InChI is InChI=1S/C19H17BrN4O5S/c20-16-7-6-14(30(27,28)24-8-1-2-9-24)11-15(16)18(25)21-13-5-3-4-12(10-13)17-22-19(26)29-23-17/h3-7,10-11H,1-2,8-9H2,(H,21,25)(H,22,23,26). The topological polar surface area (TPSA) is 125 Å². The van der Waals surface area contributed by atoms with E-state index < -0.39 is 21.7 Å². The summed E-state index contributed by atoms with van der Waals surface area (Å²) < 4.78 is 32.0. The van der Waals surface area contributed by atoms with Gasteiger partial charge in [-0.25, -0.2) is 13.2 Å². The van der Waals surface area contributed by atoms with Gasteiger partial charge in [-0.3, -0.25) is 14.3 Å². The Morgan fingerprint density at radius 2 is 1.93 bits per heavy atom. The zero-order chi connectivity index (χ0) is 21.3. The highest BCUT2D eigenvalue weighted by Gasteiger charge is 2.28. The van der Waals surface area contributed by atoms with Gasteiger partial charge in [0.25, 0.3) is 5.91 Å². The van der Waals surface area contributed by atoms with Crippen LogP contribution in [0.15, 0.2) is 61.2 Å². The summed E-state index contributed by atoms with van der Waals surface area (Å²) in [7, 11) is -3.64. The normalized spacial score (nSPS) is 14.7. The molecular formula is C19H17BrN4O5S. The van der Waals surface area contributed by atoms with Gasteiger partial charge in [0, 0.05) is 28.8 Å². The quantitative estimate of drug-likeness (QED) is 0.563. The molecule has 0 radical (unpaired) electrons. The molecule has 0 saturated carbocycles. The second-order valence-corrected chi connectivity index (χ2v) is 9.52. The molecule has 156 valence electrons. The van der Waals surface area contributed by atoms with E-state index in [4.69, 9.17) is 0 Å². The molecule has 2 N–H and O–H groups in total. The molecule has 1 fully saturated rings. The Morgan fingerprint density at radius 3 is 2.63 bits per heavy atom. The van der Waals surface area contributed by atoms with E-state index in [1.807, 2.05) is 0 Å². The Kier molecular flexibility index (Phi) is 5.58. The predicted molar refractivity (Wildman–Crippen MR) is 113 cm³/mol. The van der Waals surface area contributed by atoms with Crippen molar-refractivity contribution in [1.82, 2.24) is 14.4 Å². The van der Waals surface area contributed by atoms with Crippen molar-refractivity contribution in [3.8, 4) is 11.4 Å². The van der Waals surface area contributed by atoms with Crippen molar-refractivity contribution < 1.29 is 17.7 Å². The Labute approximate surface area is 180 Å². The Hall–Kier alpha value is -2.76. The van der Waals surface area contributed by atoms with Gasteiger partial charge in [-0.1, -0.05) is 17.3 Å². The molecule has 1 aromatic heterocycles. The molecule has 1 aliphatic rings. The fourth-order valence-corrected chi connectivity index (χ4v) is 5.18. The van der Waals surface area contributed by atoms with Gasteiger partial charge in [0.1, 0.15) is 0 Å². The lowest BCUT2D eigenvalue weighted by Gasteiger charge is -2.16. The Balaban J connectivity index is 1.60. The number of H-pyrrole nitrogens is 1. The zero-order valence-electron chi connectivity index (χ0n) is 15.6. The van der Waals surface area contributed by atoms with Gasteiger partial charge in [-0.2, -0.15) is 4.31 Å². The summed E-state index contributed by atoms with van der Waals surface area (Å²) in [6.07, 6.45) is 1.66. The minimum Gasteiger partial charge on any atom is -0.322 e. The number of aromatic amines is 1. The van der Waals surface area contributed by atoms with Crippen molar-refractivity contribution in [2.75, 3.05) is 18.4 Å². The largest absolute Gasteiger partial charge is 0.439 e. The third kappa shape index (κ3) is 4.09. The first-order valence-electron chi connectivity index (χ1n) is 9.12. The first-order valence-corrected chi connectivity index (χ1v) is 11.4. The summed E-state index contributed by atoms with van der Waals surface area (Å²) >= 11 is 3.32. The van der Waals surface area contributed by atoms with Gasteiger partial charge in [-0.15, -0.1) is 0 Å². The number of amides is 1. The second kappa shape index (κ2) is 8.17. The number of aromatic nitrogens is 2. The average Bonchev–Trinajstić information content (AvgIpc) is 3.40. The number of sulfonamides is 1. The molecular weight excluding hydrogens is 476 g/mol. The number of anilines is 1. The Bertz CT molecular complexity index is 1260. The van der Waals surface area contributed by atoms with Gasteiger partial charge < -0.3 is 5.32 Å². The number of hydrogen-bond donors (Lipinski definition) is 2. The maximum absolute atomic E-state index is 12.8. The first kappa shape index (κ1) is 20.5. The number of benzene rings is 2. The molecule has 0 aliphatic carbocycles. The van der Waals surface area contributed by atoms with Gasteiger partial charge in [0.2, 0.25) is 10.0 Å². The Morgan fingerprint density at radius 1 is 1.17 bits per heavy atom. The maximum atomic E-state index is 12.8. The minimum absolute atomic E-state index is 0.0756. The number of rotatable bonds is 5. The van der Waals surface area contributed by atoms with Gasteiger partial charge in [0.05, 0.1) is 10.5 Å². The van der Waals surface area contributed by atoms with Crippen molar-refractivity contribution in [3.63, 3.8) is 0 Å². The summed E-state index contributed by atoms with van der Waals surface area (Å²) in [6, 6.07) is 11.1. The van der Waals surface area contributed by atoms with Crippen LogP contribution in [0.2, 0.25) is 0 Å². The average molecular weight is 493 g/mol. The fraction of sp³-hybridized carbons (Fsp3) is 0.211. The zero-order valence-corrected chi connectivity index (χ0v) is 18.0. The van der Waals surface area contributed by atoms with Crippen LogP contribution in [-0.4, -0.2) is 41.9 Å². The van der Waals surface area contributed by atoms with E-state index in [1.54, 1.807) is 30.3 Å². The third-order valence-corrected chi connectivity index (χ3v) is 7.31. The SMILES string of the molecule is O=C(Nc1cccc(-c2noc(=O)[nH]2)c1)c1cc(S(=O)(=O)N2CCCC2)ccc1Br. The van der Waals surface area contributed by atoms with Gasteiger partial charge >= 0.3 is 5.76 Å². The van der Waals surface area contributed by atoms with Crippen LogP contribution in [-0.2, 0) is 10.0 Å². The molecule has 0 bridgehead atoms. The molecule has 3 aromatic rings. The molecule has 1 saturated heterocycles. The van der Waals surface area contributed by atoms with Crippen molar-refractivity contribution in [2.45, 2.75) is 17.7 Å². The summed E-state index contributed by atoms with van der Waals surface area (Å²) in [6.45, 7) is 0.966. The van der Waals surface area contributed by atoms with E-state index in [0.29, 0.717) is 28.8 Å². The van der Waals surface area contributed by atoms with E-state index in [9.17, 15) is 18.0 Å². The van der Waals surface area contributed by atoms with E-state index in [-0.39, 0.29) is 16.3 Å². The van der Waals surface area contributed by atoms with Gasteiger partial charge in [0.15, 0.2) is 5.82 Å². The summed E-state index contributed by atoms with van der Waals surface area (Å²) in [5.74, 6) is -0.929. The molecule has 4 rings (SSSR count).